The van der Waals surface area contributed by atoms with Gasteiger partial charge in [-0.25, -0.2) is 0 Å². The van der Waals surface area contributed by atoms with E-state index in [1.165, 1.54) is 19.3 Å². The van der Waals surface area contributed by atoms with Crippen LogP contribution in [-0.2, 0) is 0 Å². The Morgan fingerprint density at radius 2 is 0.733 bits per heavy atom. The molecule has 3 N–H and O–H groups in total. The molecule has 6 aliphatic rings. The van der Waals surface area contributed by atoms with Crippen LogP contribution in [0.5, 0.6) is 0 Å². The van der Waals surface area contributed by atoms with E-state index in [4.69, 9.17) is 0 Å². The smallest absolute Gasteiger partial charge is 0.251 e. The summed E-state index contributed by atoms with van der Waals surface area (Å²) in [4.78, 5) is 41.9. The van der Waals surface area contributed by atoms with Crippen LogP contribution in [0.4, 0.5) is 0 Å². The molecule has 6 aliphatic carbocycles. The van der Waals surface area contributed by atoms with Crippen molar-refractivity contribution in [3.63, 3.8) is 0 Å². The summed E-state index contributed by atoms with van der Waals surface area (Å²) in [6, 6.07) is 5.39. The molecule has 6 heteroatoms. The zero-order valence-corrected chi connectivity index (χ0v) is 29.3. The highest BCUT2D eigenvalue weighted by atomic mass is 16.2. The van der Waals surface area contributed by atoms with E-state index < -0.39 is 0 Å². The van der Waals surface area contributed by atoms with Gasteiger partial charge >= 0.3 is 0 Å². The van der Waals surface area contributed by atoms with E-state index in [1.807, 2.05) is 0 Å². The van der Waals surface area contributed by atoms with Gasteiger partial charge in [0.25, 0.3) is 17.7 Å². The maximum Gasteiger partial charge on any atom is 0.251 e. The van der Waals surface area contributed by atoms with Crippen molar-refractivity contribution in [3.05, 3.63) is 34.9 Å². The van der Waals surface area contributed by atoms with Crippen LogP contribution in [0.2, 0.25) is 0 Å². The minimum absolute atomic E-state index is 0.0383. The number of hydrogen-bond donors (Lipinski definition) is 3. The second kappa shape index (κ2) is 9.60. The molecule has 9 atom stereocenters. The van der Waals surface area contributed by atoms with Crippen molar-refractivity contribution in [2.75, 3.05) is 0 Å². The molecular formula is C39H57N3O3. The molecule has 9 unspecified atom stereocenters. The lowest BCUT2D eigenvalue weighted by Crippen LogP contribution is -2.48. The van der Waals surface area contributed by atoms with E-state index in [9.17, 15) is 14.4 Å². The molecule has 6 nitrogen and oxygen atoms in total. The summed E-state index contributed by atoms with van der Waals surface area (Å²) < 4.78 is 0. The van der Waals surface area contributed by atoms with Gasteiger partial charge in [-0.15, -0.1) is 0 Å². The molecule has 0 heterocycles. The third-order valence-electron chi connectivity index (χ3n) is 17.0. The van der Waals surface area contributed by atoms with Crippen molar-refractivity contribution in [3.8, 4) is 0 Å². The number of amides is 3. The predicted molar refractivity (Wildman–Crippen MR) is 178 cm³/mol. The Kier molecular flexibility index (Phi) is 6.66. The summed E-state index contributed by atoms with van der Waals surface area (Å²) in [6.07, 6.45) is 9.93. The standard InChI is InChI=1S/C39H57N3O3/c1-34(2)25-10-13-37(34,7)28(19-25)40-31(43)22-16-23(32(44)41-29-20-26-11-14-38(29,8)35(26,3)4)18-24(17-22)33(45)42-30-21-27-12-15-39(30,9)36(27,5)6/h16-18,25-30H,10-15,19-21H2,1-9H3,(H,40,43)(H,41,44)(H,42,45). The molecule has 0 aromatic heterocycles. The van der Waals surface area contributed by atoms with Crippen molar-refractivity contribution in [1.29, 1.82) is 0 Å². The Balaban J connectivity index is 1.17. The lowest BCUT2D eigenvalue weighted by molar-refractivity contribution is 0.0826. The Hall–Kier alpha value is -2.37. The number of rotatable bonds is 6. The van der Waals surface area contributed by atoms with Crippen molar-refractivity contribution in [2.45, 2.75) is 138 Å². The highest BCUT2D eigenvalue weighted by molar-refractivity contribution is 6.04. The van der Waals surface area contributed by atoms with Crippen LogP contribution in [0.15, 0.2) is 18.2 Å². The minimum atomic E-state index is -0.186. The van der Waals surface area contributed by atoms with E-state index in [1.54, 1.807) is 18.2 Å². The normalized spacial score (nSPS) is 42.6. The Bertz CT molecular complexity index is 1280. The molecule has 0 aliphatic heterocycles. The van der Waals surface area contributed by atoms with Gasteiger partial charge in [-0.05, 0) is 126 Å². The first kappa shape index (κ1) is 31.2. The first-order chi connectivity index (χ1) is 20.8. The highest BCUT2D eigenvalue weighted by Gasteiger charge is 2.63. The van der Waals surface area contributed by atoms with Gasteiger partial charge in [-0.2, -0.15) is 0 Å². The second-order valence-corrected chi connectivity index (χ2v) is 18.7. The van der Waals surface area contributed by atoms with Crippen molar-refractivity contribution in [1.82, 2.24) is 16.0 Å². The summed E-state index contributed by atoms with van der Waals surface area (Å²) in [5.41, 5.74) is 1.83. The summed E-state index contributed by atoms with van der Waals surface area (Å²) in [5, 5.41) is 10.1. The van der Waals surface area contributed by atoms with Gasteiger partial charge in [0.15, 0.2) is 0 Å². The molecule has 45 heavy (non-hydrogen) atoms. The van der Waals surface area contributed by atoms with Crippen LogP contribution in [-0.4, -0.2) is 35.8 Å². The average Bonchev–Trinajstić information content (AvgIpc) is 3.62. The molecule has 0 saturated heterocycles. The van der Waals surface area contributed by atoms with Crippen LogP contribution in [0.25, 0.3) is 0 Å². The summed E-state index contributed by atoms with van der Waals surface area (Å²) in [5.74, 6) is 1.25. The van der Waals surface area contributed by atoms with E-state index in [0.29, 0.717) is 34.4 Å². The maximum absolute atomic E-state index is 14.0. The Morgan fingerprint density at radius 1 is 0.489 bits per heavy atom. The second-order valence-electron chi connectivity index (χ2n) is 18.7. The zero-order valence-electron chi connectivity index (χ0n) is 29.3. The molecule has 246 valence electrons. The number of benzene rings is 1. The molecule has 3 amide bonds. The third-order valence-corrected chi connectivity index (χ3v) is 17.0. The van der Waals surface area contributed by atoms with E-state index in [-0.39, 0.29) is 68.3 Å². The third kappa shape index (κ3) is 4.08. The van der Waals surface area contributed by atoms with Crippen LogP contribution in [0, 0.1) is 50.2 Å². The molecule has 7 rings (SSSR count). The first-order valence-electron chi connectivity index (χ1n) is 17.9. The van der Waals surface area contributed by atoms with Crippen molar-refractivity contribution >= 4 is 17.7 Å². The molecular weight excluding hydrogens is 558 g/mol. The van der Waals surface area contributed by atoms with Gasteiger partial charge in [0.05, 0.1) is 0 Å². The van der Waals surface area contributed by atoms with Crippen LogP contribution in [0.1, 0.15) is 151 Å². The molecule has 6 bridgehead atoms. The molecule has 1 aromatic carbocycles. The van der Waals surface area contributed by atoms with E-state index >= 15 is 0 Å². The van der Waals surface area contributed by atoms with Crippen LogP contribution < -0.4 is 16.0 Å². The van der Waals surface area contributed by atoms with Gasteiger partial charge < -0.3 is 16.0 Å². The molecule has 0 radical (unpaired) electrons. The van der Waals surface area contributed by atoms with Crippen molar-refractivity contribution < 1.29 is 14.4 Å². The quantitative estimate of drug-likeness (QED) is 0.309. The van der Waals surface area contributed by atoms with Gasteiger partial charge in [0.1, 0.15) is 0 Å². The monoisotopic (exact) mass is 615 g/mol. The fourth-order valence-corrected chi connectivity index (χ4v) is 12.0. The van der Waals surface area contributed by atoms with Gasteiger partial charge in [0.2, 0.25) is 0 Å². The number of fused-ring (bicyclic) bond motifs is 6. The number of carbonyl (C=O) groups excluding carboxylic acids is 3. The highest BCUT2D eigenvalue weighted by Crippen LogP contribution is 2.67. The largest absolute Gasteiger partial charge is 0.349 e. The summed E-state index contributed by atoms with van der Waals surface area (Å²) in [6.45, 7) is 21.0. The SMILES string of the molecule is CC1(C)C2CCC1(C)C(NC(=O)c1cc(C(=O)NC3CC4CCC3(C)C4(C)C)cc(C(=O)NC3CC4CCC3(C)C4(C)C)c1)C2. The van der Waals surface area contributed by atoms with E-state index in [2.05, 4.69) is 78.3 Å². The molecule has 0 spiro atoms. The molecule has 1 aromatic rings. The van der Waals surface area contributed by atoms with Gasteiger partial charge in [0, 0.05) is 34.8 Å². The van der Waals surface area contributed by atoms with E-state index in [0.717, 1.165) is 38.5 Å². The Labute approximate surface area is 271 Å². The summed E-state index contributed by atoms with van der Waals surface area (Å²) >= 11 is 0. The van der Waals surface area contributed by atoms with Gasteiger partial charge in [-0.1, -0.05) is 62.3 Å². The lowest BCUT2D eigenvalue weighted by atomic mass is 9.69. The average molecular weight is 616 g/mol. The summed E-state index contributed by atoms with van der Waals surface area (Å²) in [7, 11) is 0. The maximum atomic E-state index is 14.0. The minimum Gasteiger partial charge on any atom is -0.349 e. The van der Waals surface area contributed by atoms with Crippen LogP contribution in [0.3, 0.4) is 0 Å². The topological polar surface area (TPSA) is 87.3 Å². The fraction of sp³-hybridized carbons (Fsp3) is 0.769. The Morgan fingerprint density at radius 3 is 0.911 bits per heavy atom. The molecule has 6 saturated carbocycles. The lowest BCUT2D eigenvalue weighted by Gasteiger charge is -2.39. The zero-order chi connectivity index (χ0) is 32.5. The van der Waals surface area contributed by atoms with Crippen LogP contribution >= 0.6 is 0 Å². The predicted octanol–water partition coefficient (Wildman–Crippen LogP) is 7.52. The molecule has 6 fully saturated rings. The fourth-order valence-electron chi connectivity index (χ4n) is 12.0. The number of carbonyl (C=O) groups is 3. The first-order valence-corrected chi connectivity index (χ1v) is 17.9. The van der Waals surface area contributed by atoms with Gasteiger partial charge in [-0.3, -0.25) is 14.4 Å². The number of hydrogen-bond acceptors (Lipinski definition) is 3. The number of nitrogens with one attached hydrogen (secondary N) is 3. The van der Waals surface area contributed by atoms with Crippen molar-refractivity contribution in [2.24, 2.45) is 50.2 Å².